The molecule has 5 rings (SSSR count). The second-order valence-corrected chi connectivity index (χ2v) is 7.93. The molecule has 1 amide bonds. The van der Waals surface area contributed by atoms with E-state index in [1.54, 1.807) is 25.4 Å². The highest BCUT2D eigenvalue weighted by Crippen LogP contribution is 2.31. The largest absolute Gasteiger partial charge is 0.466 e. The van der Waals surface area contributed by atoms with Crippen molar-refractivity contribution in [3.05, 3.63) is 101 Å². The molecule has 1 atom stereocenters. The van der Waals surface area contributed by atoms with Crippen molar-refractivity contribution in [1.29, 1.82) is 0 Å². The number of rotatable bonds is 5. The van der Waals surface area contributed by atoms with Gasteiger partial charge in [-0.15, -0.1) is 0 Å². The molecule has 4 heterocycles. The van der Waals surface area contributed by atoms with Crippen molar-refractivity contribution >= 4 is 17.0 Å². The smallest absolute Gasteiger partial charge is 0.259 e. The summed E-state index contributed by atoms with van der Waals surface area (Å²) < 4.78 is 11.1. The van der Waals surface area contributed by atoms with E-state index in [2.05, 4.69) is 20.4 Å². The first-order chi connectivity index (χ1) is 16.0. The average molecular weight is 438 g/mol. The number of hydrogen-bond acceptors (Lipinski definition) is 6. The number of benzene rings is 1. The summed E-state index contributed by atoms with van der Waals surface area (Å²) in [5, 5.41) is 7.83. The van der Waals surface area contributed by atoms with Gasteiger partial charge in [0.05, 0.1) is 28.4 Å². The van der Waals surface area contributed by atoms with Crippen LogP contribution in [0.1, 0.15) is 44.7 Å². The van der Waals surface area contributed by atoms with Crippen LogP contribution in [0.15, 0.2) is 75.9 Å². The quantitative estimate of drug-likeness (QED) is 0.399. The molecule has 4 aromatic heterocycles. The van der Waals surface area contributed by atoms with Gasteiger partial charge >= 0.3 is 0 Å². The first-order valence-electron chi connectivity index (χ1n) is 10.6. The number of hydrogen-bond donors (Lipinski definition) is 1. The summed E-state index contributed by atoms with van der Waals surface area (Å²) in [6, 6.07) is 16.9. The lowest BCUT2D eigenvalue weighted by atomic mass is 9.98. The molecule has 1 unspecified atom stereocenters. The molecule has 0 bridgehead atoms. The molecule has 1 N–H and O–H groups in total. The maximum Gasteiger partial charge on any atom is 0.259 e. The van der Waals surface area contributed by atoms with Crippen LogP contribution in [-0.2, 0) is 0 Å². The number of aromatic nitrogens is 3. The van der Waals surface area contributed by atoms with E-state index < -0.39 is 0 Å². The van der Waals surface area contributed by atoms with Crippen LogP contribution in [0, 0.1) is 20.8 Å². The van der Waals surface area contributed by atoms with Crippen molar-refractivity contribution in [3.8, 4) is 11.3 Å². The molecule has 7 nitrogen and oxygen atoms in total. The molecule has 0 fully saturated rings. The molecule has 33 heavy (non-hydrogen) atoms. The minimum absolute atomic E-state index is 0.251. The van der Waals surface area contributed by atoms with Crippen LogP contribution in [0.4, 0.5) is 0 Å². The van der Waals surface area contributed by atoms with Crippen molar-refractivity contribution in [2.24, 2.45) is 0 Å². The molecule has 164 valence electrons. The lowest BCUT2D eigenvalue weighted by Crippen LogP contribution is -2.29. The number of amides is 1. The monoisotopic (exact) mass is 438 g/mol. The molecule has 5 aromatic rings. The third-order valence-corrected chi connectivity index (χ3v) is 5.63. The summed E-state index contributed by atoms with van der Waals surface area (Å²) in [6.07, 6.45) is 3.43. The predicted octanol–water partition coefficient (Wildman–Crippen LogP) is 5.32. The Morgan fingerprint density at radius 3 is 2.39 bits per heavy atom. The molecule has 0 saturated carbocycles. The highest BCUT2D eigenvalue weighted by molar-refractivity contribution is 6.07. The van der Waals surface area contributed by atoms with Crippen LogP contribution in [0.5, 0.6) is 0 Å². The van der Waals surface area contributed by atoms with E-state index in [4.69, 9.17) is 8.94 Å². The van der Waals surface area contributed by atoms with E-state index in [1.807, 2.05) is 62.4 Å². The number of aryl methyl sites for hydroxylation is 3. The van der Waals surface area contributed by atoms with Gasteiger partial charge in [0.25, 0.3) is 11.6 Å². The van der Waals surface area contributed by atoms with Gasteiger partial charge in [-0.2, -0.15) is 0 Å². The van der Waals surface area contributed by atoms with Gasteiger partial charge in [0.2, 0.25) is 0 Å². The van der Waals surface area contributed by atoms with Gasteiger partial charge in [0.1, 0.15) is 11.5 Å². The lowest BCUT2D eigenvalue weighted by Gasteiger charge is -2.20. The standard InChI is InChI=1S/C26H22N4O3/c1-15-13-20(17(3)32-15)22-14-21(23-16(2)30-33-26(23)28-22)25(31)29-24(18-7-5-4-6-8-18)19-9-11-27-12-10-19/h4-14,24H,1-3H3,(H,29,31). The average Bonchev–Trinajstić information content (AvgIpc) is 3.38. The Hall–Kier alpha value is -4.26. The predicted molar refractivity (Wildman–Crippen MR) is 124 cm³/mol. The number of fused-ring (bicyclic) bond motifs is 1. The molecular weight excluding hydrogens is 416 g/mol. The Balaban J connectivity index is 1.61. The molecule has 0 radical (unpaired) electrons. The fourth-order valence-electron chi connectivity index (χ4n) is 4.07. The zero-order valence-corrected chi connectivity index (χ0v) is 18.5. The van der Waals surface area contributed by atoms with Crippen LogP contribution >= 0.6 is 0 Å². The van der Waals surface area contributed by atoms with Crippen molar-refractivity contribution in [2.45, 2.75) is 26.8 Å². The summed E-state index contributed by atoms with van der Waals surface area (Å²) in [4.78, 5) is 22.4. The number of nitrogens with one attached hydrogen (secondary N) is 1. The van der Waals surface area contributed by atoms with Gasteiger partial charge in [-0.3, -0.25) is 9.78 Å². The fraction of sp³-hybridized carbons (Fsp3) is 0.154. The van der Waals surface area contributed by atoms with E-state index in [0.717, 1.165) is 28.2 Å². The number of pyridine rings is 2. The van der Waals surface area contributed by atoms with Crippen molar-refractivity contribution in [1.82, 2.24) is 20.4 Å². The van der Waals surface area contributed by atoms with Gasteiger partial charge in [-0.05, 0) is 56.2 Å². The SMILES string of the molecule is Cc1cc(-c2cc(C(=O)NC(c3ccccc3)c3ccncc3)c3c(C)noc3n2)c(C)o1. The molecule has 1 aromatic carbocycles. The summed E-state index contributed by atoms with van der Waals surface area (Å²) >= 11 is 0. The second kappa shape index (κ2) is 8.35. The van der Waals surface area contributed by atoms with Gasteiger partial charge in [-0.25, -0.2) is 4.98 Å². The Morgan fingerprint density at radius 1 is 0.970 bits per heavy atom. The third-order valence-electron chi connectivity index (χ3n) is 5.63. The lowest BCUT2D eigenvalue weighted by molar-refractivity contribution is 0.0944. The molecule has 0 aliphatic heterocycles. The zero-order chi connectivity index (χ0) is 22.9. The highest BCUT2D eigenvalue weighted by atomic mass is 16.5. The zero-order valence-electron chi connectivity index (χ0n) is 18.5. The fourth-order valence-corrected chi connectivity index (χ4v) is 4.07. The summed E-state index contributed by atoms with van der Waals surface area (Å²) in [6.45, 7) is 5.55. The maximum atomic E-state index is 13.7. The third kappa shape index (κ3) is 3.89. The molecule has 0 aliphatic carbocycles. The summed E-state index contributed by atoms with van der Waals surface area (Å²) in [5.74, 6) is 1.24. The van der Waals surface area contributed by atoms with Crippen LogP contribution in [0.25, 0.3) is 22.4 Å². The Labute approximate surface area is 190 Å². The number of nitrogens with zero attached hydrogens (tertiary/aromatic N) is 3. The summed E-state index contributed by atoms with van der Waals surface area (Å²) in [7, 11) is 0. The van der Waals surface area contributed by atoms with E-state index in [-0.39, 0.29) is 11.9 Å². The Bertz CT molecular complexity index is 1400. The molecular formula is C26H22N4O3. The molecule has 0 aliphatic rings. The topological polar surface area (TPSA) is 94.1 Å². The van der Waals surface area contributed by atoms with Crippen molar-refractivity contribution in [2.75, 3.05) is 0 Å². The van der Waals surface area contributed by atoms with E-state index in [9.17, 15) is 4.79 Å². The molecule has 7 heteroatoms. The van der Waals surface area contributed by atoms with Crippen molar-refractivity contribution in [3.63, 3.8) is 0 Å². The first-order valence-corrected chi connectivity index (χ1v) is 10.6. The van der Waals surface area contributed by atoms with E-state index in [1.165, 1.54) is 0 Å². The Kier molecular flexibility index (Phi) is 5.22. The summed E-state index contributed by atoms with van der Waals surface area (Å²) in [5.41, 5.74) is 4.67. The number of carbonyl (C=O) groups excluding carboxylic acids is 1. The van der Waals surface area contributed by atoms with Gasteiger partial charge in [0.15, 0.2) is 0 Å². The minimum atomic E-state index is -0.355. The van der Waals surface area contributed by atoms with Crippen molar-refractivity contribution < 1.29 is 13.7 Å². The maximum absolute atomic E-state index is 13.7. The van der Waals surface area contributed by atoms with Crippen LogP contribution < -0.4 is 5.32 Å². The number of carbonyl (C=O) groups is 1. The van der Waals surface area contributed by atoms with Crippen LogP contribution in [-0.4, -0.2) is 21.0 Å². The highest BCUT2D eigenvalue weighted by Gasteiger charge is 2.24. The van der Waals surface area contributed by atoms with Crippen LogP contribution in [0.2, 0.25) is 0 Å². The molecule has 0 spiro atoms. The van der Waals surface area contributed by atoms with Gasteiger partial charge < -0.3 is 14.3 Å². The minimum Gasteiger partial charge on any atom is -0.466 e. The second-order valence-electron chi connectivity index (χ2n) is 7.93. The van der Waals surface area contributed by atoms with Gasteiger partial charge in [-0.1, -0.05) is 35.5 Å². The van der Waals surface area contributed by atoms with Crippen LogP contribution in [0.3, 0.4) is 0 Å². The van der Waals surface area contributed by atoms with E-state index >= 15 is 0 Å². The number of furan rings is 1. The molecule has 0 saturated heterocycles. The van der Waals surface area contributed by atoms with E-state index in [0.29, 0.717) is 28.1 Å². The Morgan fingerprint density at radius 2 is 1.70 bits per heavy atom. The normalized spacial score (nSPS) is 12.1. The first kappa shape index (κ1) is 20.6. The van der Waals surface area contributed by atoms with Gasteiger partial charge in [0, 0.05) is 18.0 Å².